The Kier molecular flexibility index (Phi) is 6.00. The van der Waals surface area contributed by atoms with Gasteiger partial charge in [0, 0.05) is 17.3 Å². The molecule has 0 bridgehead atoms. The molecule has 5 rings (SSSR count). The molecule has 0 N–H and O–H groups in total. The summed E-state index contributed by atoms with van der Waals surface area (Å²) in [6, 6.07) is 15.7. The van der Waals surface area contributed by atoms with E-state index in [2.05, 4.69) is 17.0 Å². The molecule has 0 unspecified atom stereocenters. The number of fused-ring (bicyclic) bond motifs is 1. The van der Waals surface area contributed by atoms with Gasteiger partial charge in [0.25, 0.3) is 11.1 Å². The van der Waals surface area contributed by atoms with Gasteiger partial charge in [0.05, 0.1) is 16.8 Å². The lowest BCUT2D eigenvalue weighted by atomic mass is 10.0. The molecule has 35 heavy (non-hydrogen) atoms. The largest absolute Gasteiger partial charge is 0.494 e. The first-order valence-electron chi connectivity index (χ1n) is 11.3. The van der Waals surface area contributed by atoms with Crippen LogP contribution in [0.2, 0.25) is 0 Å². The van der Waals surface area contributed by atoms with Crippen LogP contribution >= 0.6 is 11.3 Å². The van der Waals surface area contributed by atoms with Gasteiger partial charge in [-0.2, -0.15) is 19.7 Å². The van der Waals surface area contributed by atoms with Crippen molar-refractivity contribution in [1.29, 1.82) is 0 Å². The van der Waals surface area contributed by atoms with Crippen molar-refractivity contribution in [2.75, 3.05) is 6.61 Å². The minimum absolute atomic E-state index is 0.183. The number of nitrogens with zero attached hydrogens (tertiary/aromatic N) is 5. The van der Waals surface area contributed by atoms with Crippen LogP contribution in [0.4, 0.5) is 0 Å². The molecular weight excluding hydrogens is 462 g/mol. The zero-order valence-electron chi connectivity index (χ0n) is 19.6. The number of hydrogen-bond acceptors (Lipinski definition) is 7. The molecule has 5 aromatic rings. The second-order valence-corrected chi connectivity index (χ2v) is 9.16. The maximum atomic E-state index is 13.0. The number of ether oxygens (including phenoxy) is 1. The summed E-state index contributed by atoms with van der Waals surface area (Å²) in [6.07, 6.45) is 4.61. The first-order chi connectivity index (χ1) is 16.9. The van der Waals surface area contributed by atoms with E-state index in [-0.39, 0.29) is 16.2 Å². The average molecular weight is 486 g/mol. The predicted molar refractivity (Wildman–Crippen MR) is 136 cm³/mol. The highest BCUT2D eigenvalue weighted by Gasteiger charge is 2.15. The normalized spacial score (nSPS) is 11.9. The van der Waals surface area contributed by atoms with Gasteiger partial charge in [-0.15, -0.1) is 0 Å². The number of aryl methyl sites for hydroxylation is 2. The van der Waals surface area contributed by atoms with Gasteiger partial charge in [-0.3, -0.25) is 9.59 Å². The third-order valence-electron chi connectivity index (χ3n) is 5.52. The van der Waals surface area contributed by atoms with Crippen molar-refractivity contribution in [2.45, 2.75) is 27.2 Å². The molecule has 176 valence electrons. The fourth-order valence-electron chi connectivity index (χ4n) is 3.75. The summed E-state index contributed by atoms with van der Waals surface area (Å²) in [5.41, 5.74) is 3.77. The quantitative estimate of drug-likeness (QED) is 0.366. The molecule has 0 spiro atoms. The smallest absolute Gasteiger partial charge is 0.295 e. The van der Waals surface area contributed by atoms with Crippen molar-refractivity contribution in [3.8, 4) is 22.7 Å². The van der Waals surface area contributed by atoms with Crippen molar-refractivity contribution >= 4 is 22.4 Å². The zero-order valence-corrected chi connectivity index (χ0v) is 20.4. The maximum Gasteiger partial charge on any atom is 0.295 e. The summed E-state index contributed by atoms with van der Waals surface area (Å²) >= 11 is 1.13. The van der Waals surface area contributed by atoms with Crippen LogP contribution in [0.5, 0.6) is 5.75 Å². The predicted octanol–water partition coefficient (Wildman–Crippen LogP) is 3.32. The number of hydrogen-bond donors (Lipinski definition) is 0. The Hall–Kier alpha value is -4.11. The summed E-state index contributed by atoms with van der Waals surface area (Å²) in [5, 5.41) is 8.97. The van der Waals surface area contributed by atoms with Gasteiger partial charge in [-0.1, -0.05) is 36.5 Å². The Morgan fingerprint density at radius 2 is 1.86 bits per heavy atom. The average Bonchev–Trinajstić information content (AvgIpc) is 3.40. The van der Waals surface area contributed by atoms with Gasteiger partial charge in [0.1, 0.15) is 17.1 Å². The zero-order chi connectivity index (χ0) is 24.5. The monoisotopic (exact) mass is 485 g/mol. The molecule has 0 saturated heterocycles. The highest BCUT2D eigenvalue weighted by Crippen LogP contribution is 2.30. The van der Waals surface area contributed by atoms with Crippen LogP contribution in [0.3, 0.4) is 0 Å². The molecule has 0 amide bonds. The van der Waals surface area contributed by atoms with E-state index < -0.39 is 5.56 Å². The van der Waals surface area contributed by atoms with Crippen LogP contribution in [0.1, 0.15) is 30.2 Å². The second-order valence-electron chi connectivity index (χ2n) is 8.15. The summed E-state index contributed by atoms with van der Waals surface area (Å²) in [6.45, 7) is 6.28. The van der Waals surface area contributed by atoms with E-state index in [4.69, 9.17) is 9.84 Å². The van der Waals surface area contributed by atoms with E-state index in [0.29, 0.717) is 11.1 Å². The highest BCUT2D eigenvalue weighted by molar-refractivity contribution is 7.15. The molecule has 0 radical (unpaired) electrons. The Morgan fingerprint density at radius 1 is 1.06 bits per heavy atom. The second kappa shape index (κ2) is 9.27. The molecule has 2 aromatic carbocycles. The van der Waals surface area contributed by atoms with Gasteiger partial charge >= 0.3 is 0 Å². The number of thiazole rings is 1. The minimum atomic E-state index is -0.434. The number of rotatable bonds is 6. The van der Waals surface area contributed by atoms with Crippen molar-refractivity contribution in [3.05, 3.63) is 96.8 Å². The van der Waals surface area contributed by atoms with E-state index in [1.807, 2.05) is 61.7 Å². The number of benzene rings is 2. The molecule has 0 saturated carbocycles. The van der Waals surface area contributed by atoms with Crippen molar-refractivity contribution in [2.24, 2.45) is 0 Å². The SMILES string of the molecule is CCCOc1ccc(-c2nn(-c3ccccc3)cc2C=c2sc3nc(=O)c(C)nn3c2=O)c(C)c1. The van der Waals surface area contributed by atoms with Crippen molar-refractivity contribution < 1.29 is 4.74 Å². The fraction of sp³-hybridized carbons (Fsp3) is 0.192. The molecular formula is C26H23N5O3S. The lowest BCUT2D eigenvalue weighted by molar-refractivity contribution is 0.317. The summed E-state index contributed by atoms with van der Waals surface area (Å²) in [7, 11) is 0. The van der Waals surface area contributed by atoms with Gasteiger partial charge in [-0.25, -0.2) is 4.68 Å². The Balaban J connectivity index is 1.70. The standard InChI is InChI=1S/C26H23N5O3S/c1-4-12-34-20-10-11-21(16(2)13-20)23-18(15-30(29-23)19-8-6-5-7-9-19)14-22-25(33)31-26(35-22)27-24(32)17(3)28-31/h5-11,13-15H,4,12H2,1-3H3. The molecule has 3 heterocycles. The molecule has 0 atom stereocenters. The maximum absolute atomic E-state index is 13.0. The van der Waals surface area contributed by atoms with Crippen LogP contribution < -0.4 is 20.4 Å². The lowest BCUT2D eigenvalue weighted by Gasteiger charge is -2.09. The summed E-state index contributed by atoms with van der Waals surface area (Å²) < 4.78 is 9.18. The Labute approximate surface area is 204 Å². The lowest BCUT2D eigenvalue weighted by Crippen LogP contribution is -2.27. The van der Waals surface area contributed by atoms with Gasteiger partial charge in [0.2, 0.25) is 4.96 Å². The van der Waals surface area contributed by atoms with Crippen LogP contribution in [0.15, 0.2) is 64.3 Å². The van der Waals surface area contributed by atoms with Crippen LogP contribution in [0.25, 0.3) is 28.0 Å². The number of aromatic nitrogens is 5. The van der Waals surface area contributed by atoms with Crippen molar-refractivity contribution in [3.63, 3.8) is 0 Å². The van der Waals surface area contributed by atoms with E-state index in [1.54, 1.807) is 17.7 Å². The summed E-state index contributed by atoms with van der Waals surface area (Å²) in [5.74, 6) is 0.810. The van der Waals surface area contributed by atoms with E-state index >= 15 is 0 Å². The molecule has 8 nitrogen and oxygen atoms in total. The molecule has 3 aromatic heterocycles. The minimum Gasteiger partial charge on any atom is -0.494 e. The molecule has 0 aliphatic heterocycles. The Bertz CT molecular complexity index is 1700. The van der Waals surface area contributed by atoms with Crippen LogP contribution in [0, 0.1) is 13.8 Å². The van der Waals surface area contributed by atoms with E-state index in [9.17, 15) is 9.59 Å². The highest BCUT2D eigenvalue weighted by atomic mass is 32.1. The van der Waals surface area contributed by atoms with Gasteiger partial charge in [0.15, 0.2) is 0 Å². The number of para-hydroxylation sites is 1. The first-order valence-corrected chi connectivity index (χ1v) is 12.1. The summed E-state index contributed by atoms with van der Waals surface area (Å²) in [4.78, 5) is 29.2. The van der Waals surface area contributed by atoms with Crippen LogP contribution in [-0.4, -0.2) is 31.0 Å². The van der Waals surface area contributed by atoms with Crippen molar-refractivity contribution in [1.82, 2.24) is 24.4 Å². The first kappa shape index (κ1) is 22.7. The van der Waals surface area contributed by atoms with E-state index in [1.165, 1.54) is 4.52 Å². The van der Waals surface area contributed by atoms with Gasteiger partial charge in [-0.05, 0) is 62.2 Å². The third kappa shape index (κ3) is 4.38. The van der Waals surface area contributed by atoms with E-state index in [0.717, 1.165) is 51.6 Å². The Morgan fingerprint density at radius 3 is 2.60 bits per heavy atom. The van der Waals surface area contributed by atoms with Crippen LogP contribution in [-0.2, 0) is 0 Å². The molecule has 0 fully saturated rings. The topological polar surface area (TPSA) is 91.4 Å². The molecule has 0 aliphatic carbocycles. The molecule has 9 heteroatoms. The fourth-order valence-corrected chi connectivity index (χ4v) is 4.65. The molecule has 0 aliphatic rings. The third-order valence-corrected chi connectivity index (χ3v) is 6.48. The van der Waals surface area contributed by atoms with Gasteiger partial charge < -0.3 is 4.74 Å².